The number of carbonyl (C=O) groups is 2. The van der Waals surface area contributed by atoms with Gasteiger partial charge in [-0.25, -0.2) is 0 Å². The van der Waals surface area contributed by atoms with E-state index < -0.39 is 16.1 Å². The number of carbonyl (C=O) groups excluding carboxylic acids is 2. The number of anilines is 2. The number of fused-ring (bicyclic) bond motifs is 2. The SMILES string of the molecule is CCCCC(CC)CN1C(=O)C(=C2C(=O)N(CC(CC)CCCC)c3c2sc(C#C[Si](C)(C)C)c3Br)c2sc(C#C[Si](C)(C)C)c(C)c21. The van der Waals surface area contributed by atoms with Crippen molar-refractivity contribution < 1.29 is 9.59 Å². The molecule has 0 spiro atoms. The van der Waals surface area contributed by atoms with E-state index in [-0.39, 0.29) is 11.8 Å². The topological polar surface area (TPSA) is 40.6 Å². The molecule has 2 amide bonds. The lowest BCUT2D eigenvalue weighted by Gasteiger charge is -2.24. The van der Waals surface area contributed by atoms with E-state index in [4.69, 9.17) is 0 Å². The third kappa shape index (κ3) is 8.52. The minimum Gasteiger partial charge on any atom is -0.306 e. The minimum atomic E-state index is -1.64. The maximum absolute atomic E-state index is 14.8. The molecule has 2 aliphatic heterocycles. The molecule has 4 heterocycles. The van der Waals surface area contributed by atoms with E-state index in [9.17, 15) is 9.59 Å². The van der Waals surface area contributed by atoms with Gasteiger partial charge in [-0.05, 0) is 53.1 Å². The number of rotatable bonds is 12. The van der Waals surface area contributed by atoms with Crippen molar-refractivity contribution in [2.45, 2.75) is 125 Å². The van der Waals surface area contributed by atoms with Crippen LogP contribution in [0.1, 0.15) is 104 Å². The summed E-state index contributed by atoms with van der Waals surface area (Å²) in [5, 5.41) is 0. The van der Waals surface area contributed by atoms with E-state index in [2.05, 4.69) is 113 Å². The van der Waals surface area contributed by atoms with Crippen LogP contribution in [0.2, 0.25) is 39.3 Å². The van der Waals surface area contributed by atoms with Gasteiger partial charge in [0.1, 0.15) is 16.1 Å². The first kappa shape index (κ1) is 38.9. The van der Waals surface area contributed by atoms with Crippen LogP contribution in [0, 0.1) is 41.7 Å². The molecule has 2 aromatic heterocycles. The lowest BCUT2D eigenvalue weighted by Crippen LogP contribution is -2.34. The highest BCUT2D eigenvalue weighted by molar-refractivity contribution is 9.10. The summed E-state index contributed by atoms with van der Waals surface area (Å²) in [5.74, 6) is 7.71. The zero-order chi connectivity index (χ0) is 35.6. The molecule has 0 saturated heterocycles. The van der Waals surface area contributed by atoms with E-state index in [0.717, 1.165) is 92.3 Å². The molecule has 48 heavy (non-hydrogen) atoms. The predicted molar refractivity (Wildman–Crippen MR) is 220 cm³/mol. The molecule has 9 heteroatoms. The van der Waals surface area contributed by atoms with Gasteiger partial charge >= 0.3 is 0 Å². The Morgan fingerprint density at radius 3 is 1.54 bits per heavy atom. The third-order valence-electron chi connectivity index (χ3n) is 9.17. The van der Waals surface area contributed by atoms with Crippen LogP contribution in [-0.4, -0.2) is 41.1 Å². The zero-order valence-electron chi connectivity index (χ0n) is 31.1. The van der Waals surface area contributed by atoms with Crippen LogP contribution >= 0.6 is 38.6 Å². The predicted octanol–water partition coefficient (Wildman–Crippen LogP) is 11.4. The Labute approximate surface area is 309 Å². The second-order valence-corrected chi connectivity index (χ2v) is 27.9. The Morgan fingerprint density at radius 1 is 0.688 bits per heavy atom. The van der Waals surface area contributed by atoms with Gasteiger partial charge in [0.2, 0.25) is 0 Å². The molecule has 4 nitrogen and oxygen atoms in total. The Bertz CT molecular complexity index is 1580. The number of nitrogens with zero attached hydrogens (tertiary/aromatic N) is 2. The number of hydrogen-bond donors (Lipinski definition) is 0. The van der Waals surface area contributed by atoms with Gasteiger partial charge in [-0.2, -0.15) is 0 Å². The quantitative estimate of drug-likeness (QED) is 0.122. The number of thiophene rings is 2. The van der Waals surface area contributed by atoms with Crippen molar-refractivity contribution in [1.82, 2.24) is 0 Å². The van der Waals surface area contributed by atoms with Gasteiger partial charge in [0.15, 0.2) is 0 Å². The molecule has 260 valence electrons. The fraction of sp³-hybridized carbons (Fsp3) is 0.590. The van der Waals surface area contributed by atoms with Crippen molar-refractivity contribution in [3.05, 3.63) is 29.5 Å². The molecule has 0 saturated carbocycles. The number of hydrogen-bond acceptors (Lipinski definition) is 4. The Balaban J connectivity index is 1.98. The molecule has 2 unspecified atom stereocenters. The summed E-state index contributed by atoms with van der Waals surface area (Å²) in [6.07, 6.45) is 8.75. The average Bonchev–Trinajstić information content (AvgIpc) is 3.68. The first-order valence-electron chi connectivity index (χ1n) is 18.0. The fourth-order valence-corrected chi connectivity index (χ4v) is 10.7. The molecular weight excluding hydrogens is 729 g/mol. The highest BCUT2D eigenvalue weighted by Gasteiger charge is 2.47. The van der Waals surface area contributed by atoms with Crippen LogP contribution in [0.25, 0.3) is 11.1 Å². The van der Waals surface area contributed by atoms with Gasteiger partial charge < -0.3 is 9.80 Å². The number of halogens is 1. The van der Waals surface area contributed by atoms with Gasteiger partial charge in [-0.1, -0.05) is 117 Å². The molecule has 0 aromatic carbocycles. The molecule has 0 aliphatic carbocycles. The summed E-state index contributed by atoms with van der Waals surface area (Å²) < 4.78 is 0.889. The largest absolute Gasteiger partial charge is 0.306 e. The number of amides is 2. The molecule has 0 fully saturated rings. The molecule has 4 rings (SSSR count). The van der Waals surface area contributed by atoms with Crippen LogP contribution in [0.15, 0.2) is 4.47 Å². The molecule has 2 aliphatic rings. The summed E-state index contributed by atoms with van der Waals surface area (Å²) in [7, 11) is -3.27. The first-order chi connectivity index (χ1) is 22.6. The monoisotopic (exact) mass is 782 g/mol. The molecule has 0 bridgehead atoms. The standard InChI is InChI=1S/C39H55BrN2O2S2Si2/c1-12-16-18-27(14-3)24-41-34-26(5)29(20-22-47(6,7)8)45-36(34)31(38(41)43)32-37-35(33(40)30(46-37)21-23-48(9,10)11)42(39(32)44)25-28(15-4)19-17-13-2/h27-28H,12-19,24-25H2,1-11H3. The second-order valence-electron chi connectivity index (χ2n) is 15.6. The van der Waals surface area contributed by atoms with Crippen LogP contribution in [-0.2, 0) is 9.59 Å². The normalized spacial score (nSPS) is 17.2. The van der Waals surface area contributed by atoms with E-state index in [1.165, 1.54) is 0 Å². The van der Waals surface area contributed by atoms with Crippen molar-refractivity contribution >= 4 is 89.1 Å². The summed E-state index contributed by atoms with van der Waals surface area (Å²) in [5.41, 5.74) is 11.2. The average molecular weight is 784 g/mol. The highest BCUT2D eigenvalue weighted by atomic mass is 79.9. The summed E-state index contributed by atoms with van der Waals surface area (Å²) in [6, 6.07) is 0. The molecule has 2 aromatic rings. The lowest BCUT2D eigenvalue weighted by atomic mass is 9.98. The highest BCUT2D eigenvalue weighted by Crippen LogP contribution is 2.55. The van der Waals surface area contributed by atoms with Crippen molar-refractivity contribution in [3.63, 3.8) is 0 Å². The van der Waals surface area contributed by atoms with Crippen LogP contribution in [0.3, 0.4) is 0 Å². The smallest absolute Gasteiger partial charge is 0.260 e. The number of unbranched alkanes of at least 4 members (excludes halogenated alkanes) is 2. The summed E-state index contributed by atoms with van der Waals surface area (Å²) in [6.45, 7) is 25.8. The van der Waals surface area contributed by atoms with Crippen LogP contribution < -0.4 is 9.80 Å². The van der Waals surface area contributed by atoms with Crippen LogP contribution in [0.5, 0.6) is 0 Å². The van der Waals surface area contributed by atoms with Crippen molar-refractivity contribution in [1.29, 1.82) is 0 Å². The molecule has 2 atom stereocenters. The third-order valence-corrected chi connectivity index (χ3v) is 14.3. The van der Waals surface area contributed by atoms with E-state index in [0.29, 0.717) is 36.1 Å². The maximum atomic E-state index is 14.8. The summed E-state index contributed by atoms with van der Waals surface area (Å²) in [4.78, 5) is 37.3. The van der Waals surface area contributed by atoms with E-state index >= 15 is 0 Å². The van der Waals surface area contributed by atoms with Gasteiger partial charge in [0, 0.05) is 13.1 Å². The van der Waals surface area contributed by atoms with E-state index in [1.54, 1.807) is 22.7 Å². The first-order valence-corrected chi connectivity index (χ1v) is 27.4. The molecule has 0 N–H and O–H groups in total. The fourth-order valence-electron chi connectivity index (χ4n) is 6.31. The Morgan fingerprint density at radius 2 is 1.10 bits per heavy atom. The minimum absolute atomic E-state index is 0.0348. The zero-order valence-corrected chi connectivity index (χ0v) is 36.4. The van der Waals surface area contributed by atoms with Gasteiger partial charge in [0.05, 0.1) is 46.5 Å². The van der Waals surface area contributed by atoms with Gasteiger partial charge in [-0.15, -0.1) is 33.8 Å². The second kappa shape index (κ2) is 16.0. The van der Waals surface area contributed by atoms with Gasteiger partial charge in [-0.3, -0.25) is 9.59 Å². The van der Waals surface area contributed by atoms with Crippen molar-refractivity contribution in [3.8, 4) is 22.9 Å². The van der Waals surface area contributed by atoms with Crippen LogP contribution in [0.4, 0.5) is 11.4 Å². The summed E-state index contributed by atoms with van der Waals surface area (Å²) >= 11 is 7.09. The maximum Gasteiger partial charge on any atom is 0.260 e. The Hall–Kier alpha value is -1.89. The van der Waals surface area contributed by atoms with Gasteiger partial charge in [0.25, 0.3) is 11.8 Å². The molecular formula is C39H55BrN2O2S2Si2. The van der Waals surface area contributed by atoms with Crippen molar-refractivity contribution in [2.75, 3.05) is 22.9 Å². The van der Waals surface area contributed by atoms with E-state index in [1.807, 2.05) is 9.80 Å². The molecule has 0 radical (unpaired) electrons. The van der Waals surface area contributed by atoms with Crippen molar-refractivity contribution in [2.24, 2.45) is 11.8 Å². The Kier molecular flexibility index (Phi) is 13.0. The lowest BCUT2D eigenvalue weighted by molar-refractivity contribution is -0.114.